The Balaban J connectivity index is 1.92. The molecule has 3 amide bonds. The van der Waals surface area contributed by atoms with Crippen molar-refractivity contribution in [2.45, 2.75) is 37.1 Å². The Labute approximate surface area is 177 Å². The summed E-state index contributed by atoms with van der Waals surface area (Å²) >= 11 is 5.84. The lowest BCUT2D eigenvalue weighted by Crippen LogP contribution is -2.68. The van der Waals surface area contributed by atoms with E-state index in [9.17, 15) is 14.0 Å². The van der Waals surface area contributed by atoms with Crippen LogP contribution in [-0.2, 0) is 4.79 Å². The van der Waals surface area contributed by atoms with Gasteiger partial charge in [0, 0.05) is 42.4 Å². The van der Waals surface area contributed by atoms with Crippen molar-refractivity contribution in [2.24, 2.45) is 5.73 Å². The maximum absolute atomic E-state index is 15.1. The van der Waals surface area contributed by atoms with Crippen LogP contribution in [0.2, 0.25) is 5.02 Å². The maximum atomic E-state index is 15.1. The molecule has 1 saturated heterocycles. The molecule has 6 nitrogen and oxygen atoms in total. The number of nitrogens with one attached hydrogen (secondary N) is 1. The van der Waals surface area contributed by atoms with E-state index in [2.05, 4.69) is 10.3 Å². The number of halogens is 3. The van der Waals surface area contributed by atoms with E-state index in [-0.39, 0.29) is 18.7 Å². The molecular formula is C21H21ClF2N4O2. The second-order valence-electron chi connectivity index (χ2n) is 7.88. The zero-order valence-electron chi connectivity index (χ0n) is 16.3. The summed E-state index contributed by atoms with van der Waals surface area (Å²) in [6.07, 6.45) is 3.70. The quantitative estimate of drug-likeness (QED) is 0.724. The van der Waals surface area contributed by atoms with Gasteiger partial charge in [-0.05, 0) is 37.5 Å². The number of hydrogen-bond acceptors (Lipinski definition) is 3. The number of carbonyl (C=O) groups is 2. The predicted octanol–water partition coefficient (Wildman–Crippen LogP) is 3.29. The predicted molar refractivity (Wildman–Crippen MR) is 107 cm³/mol. The zero-order valence-corrected chi connectivity index (χ0v) is 17.0. The van der Waals surface area contributed by atoms with E-state index in [0.717, 1.165) is 24.6 Å². The molecular weight excluding hydrogens is 414 g/mol. The number of carbonyl (C=O) groups excluding carboxylic acids is 2. The molecule has 0 bridgehead atoms. The number of urea groups is 1. The zero-order chi connectivity index (χ0) is 21.6. The molecule has 1 unspecified atom stereocenters. The molecule has 3 N–H and O–H groups in total. The Morgan fingerprint density at radius 2 is 2.07 bits per heavy atom. The molecule has 1 aliphatic carbocycles. The molecule has 2 heterocycles. The van der Waals surface area contributed by atoms with Crippen molar-refractivity contribution < 1.29 is 18.4 Å². The fourth-order valence-corrected chi connectivity index (χ4v) is 4.39. The van der Waals surface area contributed by atoms with Gasteiger partial charge in [-0.1, -0.05) is 23.7 Å². The lowest BCUT2D eigenvalue weighted by Gasteiger charge is -2.47. The van der Waals surface area contributed by atoms with Crippen LogP contribution in [0.25, 0.3) is 0 Å². The van der Waals surface area contributed by atoms with Gasteiger partial charge in [-0.2, -0.15) is 0 Å². The molecule has 2 aliphatic rings. The van der Waals surface area contributed by atoms with Gasteiger partial charge >= 0.3 is 6.03 Å². The minimum absolute atomic E-state index is 0.0202. The number of nitrogens with zero attached hydrogens (tertiary/aromatic N) is 2. The lowest BCUT2D eigenvalue weighted by molar-refractivity contribution is -0.134. The number of aromatic nitrogens is 1. The van der Waals surface area contributed by atoms with E-state index in [1.807, 2.05) is 6.07 Å². The van der Waals surface area contributed by atoms with E-state index in [1.165, 1.54) is 17.9 Å². The van der Waals surface area contributed by atoms with Crippen molar-refractivity contribution in [2.75, 3.05) is 13.1 Å². The van der Waals surface area contributed by atoms with Crippen LogP contribution in [0.1, 0.15) is 48.4 Å². The van der Waals surface area contributed by atoms with Crippen molar-refractivity contribution in [1.29, 1.82) is 0 Å². The van der Waals surface area contributed by atoms with Crippen LogP contribution in [0, 0.1) is 11.6 Å². The minimum atomic E-state index is -1.57. The average Bonchev–Trinajstić information content (AvgIpc) is 3.56. The summed E-state index contributed by atoms with van der Waals surface area (Å²) in [5.41, 5.74) is 5.39. The van der Waals surface area contributed by atoms with Crippen molar-refractivity contribution in [3.63, 3.8) is 0 Å². The van der Waals surface area contributed by atoms with E-state index in [0.29, 0.717) is 11.5 Å². The van der Waals surface area contributed by atoms with Crippen LogP contribution in [0.15, 0.2) is 30.5 Å². The largest absolute Gasteiger partial charge is 0.352 e. The second kappa shape index (κ2) is 7.50. The standard InChI is InChI=1S/C21H21ClF2N4O2/c1-21(19(29)26-8-9-28(21)20(25)30)16(13-5-6-14(23)17(22)18(13)24)12-4-7-15(27-10-12)11-2-3-11/h4-7,10-11,16H,2-3,8-9H2,1H3,(H2,25,30)(H,26,29)/t16-,21?/m1/s1. The SMILES string of the molecule is CC1([C@H](c2ccc(C3CC3)nc2)c2ccc(F)c(Cl)c2F)C(=O)NCCN1C(N)=O. The normalized spacial score (nSPS) is 22.5. The van der Waals surface area contributed by atoms with Crippen LogP contribution >= 0.6 is 11.6 Å². The average molecular weight is 435 g/mol. The highest BCUT2D eigenvalue weighted by atomic mass is 35.5. The van der Waals surface area contributed by atoms with E-state index in [1.54, 1.807) is 12.3 Å². The molecule has 30 heavy (non-hydrogen) atoms. The number of piperazine rings is 1. The van der Waals surface area contributed by atoms with Gasteiger partial charge in [0.05, 0.1) is 0 Å². The maximum Gasteiger partial charge on any atom is 0.315 e. The Kier molecular flexibility index (Phi) is 5.13. The molecule has 0 spiro atoms. The Morgan fingerprint density at radius 3 is 2.67 bits per heavy atom. The first-order valence-electron chi connectivity index (χ1n) is 9.69. The van der Waals surface area contributed by atoms with Gasteiger partial charge in [-0.15, -0.1) is 0 Å². The van der Waals surface area contributed by atoms with Crippen molar-refractivity contribution >= 4 is 23.5 Å². The summed E-state index contributed by atoms with van der Waals surface area (Å²) in [5.74, 6) is -3.00. The summed E-state index contributed by atoms with van der Waals surface area (Å²) < 4.78 is 29.0. The summed E-state index contributed by atoms with van der Waals surface area (Å²) in [7, 11) is 0. The fourth-order valence-electron chi connectivity index (χ4n) is 4.22. The van der Waals surface area contributed by atoms with Crippen molar-refractivity contribution in [3.8, 4) is 0 Å². The molecule has 1 saturated carbocycles. The minimum Gasteiger partial charge on any atom is -0.352 e. The van der Waals surface area contributed by atoms with Gasteiger partial charge in [0.25, 0.3) is 0 Å². The molecule has 2 atom stereocenters. The Morgan fingerprint density at radius 1 is 1.33 bits per heavy atom. The van der Waals surface area contributed by atoms with E-state index >= 15 is 4.39 Å². The van der Waals surface area contributed by atoms with Gasteiger partial charge in [0.15, 0.2) is 0 Å². The molecule has 158 valence electrons. The molecule has 9 heteroatoms. The van der Waals surface area contributed by atoms with Gasteiger partial charge in [0.2, 0.25) is 5.91 Å². The fraction of sp³-hybridized carbons (Fsp3) is 0.381. The van der Waals surface area contributed by atoms with Gasteiger partial charge < -0.3 is 16.0 Å². The van der Waals surface area contributed by atoms with E-state index in [4.69, 9.17) is 17.3 Å². The topological polar surface area (TPSA) is 88.3 Å². The smallest absolute Gasteiger partial charge is 0.315 e. The van der Waals surface area contributed by atoms with Gasteiger partial charge in [0.1, 0.15) is 22.2 Å². The van der Waals surface area contributed by atoms with Crippen molar-refractivity contribution in [3.05, 3.63) is 63.9 Å². The third-order valence-electron chi connectivity index (χ3n) is 5.98. The summed E-state index contributed by atoms with van der Waals surface area (Å²) in [4.78, 5) is 31.0. The second-order valence-corrected chi connectivity index (χ2v) is 8.26. The third kappa shape index (κ3) is 3.29. The highest BCUT2D eigenvalue weighted by Crippen LogP contribution is 2.44. The van der Waals surface area contributed by atoms with Gasteiger partial charge in [-0.25, -0.2) is 13.6 Å². The number of hydrogen-bond donors (Lipinski definition) is 2. The van der Waals surface area contributed by atoms with Crippen LogP contribution < -0.4 is 11.1 Å². The Hall–Kier alpha value is -2.74. The summed E-state index contributed by atoms with van der Waals surface area (Å²) in [5, 5.41) is 2.05. The van der Waals surface area contributed by atoms with Crippen LogP contribution in [0.3, 0.4) is 0 Å². The number of primary amides is 1. The first-order valence-corrected chi connectivity index (χ1v) is 10.1. The molecule has 2 fully saturated rings. The number of benzene rings is 1. The van der Waals surface area contributed by atoms with Crippen LogP contribution in [0.5, 0.6) is 0 Å². The number of nitrogens with two attached hydrogens (primary N) is 1. The molecule has 1 aromatic heterocycles. The molecule has 0 radical (unpaired) electrons. The number of pyridine rings is 1. The third-order valence-corrected chi connectivity index (χ3v) is 6.33. The summed E-state index contributed by atoms with van der Waals surface area (Å²) in [6, 6.07) is 5.06. The lowest BCUT2D eigenvalue weighted by atomic mass is 9.73. The first kappa shape index (κ1) is 20.5. The molecule has 1 aromatic carbocycles. The number of amides is 3. The van der Waals surface area contributed by atoms with E-state index < -0.39 is 40.1 Å². The van der Waals surface area contributed by atoms with Crippen LogP contribution in [0.4, 0.5) is 13.6 Å². The van der Waals surface area contributed by atoms with Gasteiger partial charge in [-0.3, -0.25) is 9.78 Å². The molecule has 4 rings (SSSR count). The number of rotatable bonds is 4. The molecule has 2 aromatic rings. The monoisotopic (exact) mass is 434 g/mol. The van der Waals surface area contributed by atoms with Crippen molar-refractivity contribution in [1.82, 2.24) is 15.2 Å². The first-order chi connectivity index (χ1) is 14.2. The molecule has 1 aliphatic heterocycles. The highest BCUT2D eigenvalue weighted by molar-refractivity contribution is 6.31. The Bertz CT molecular complexity index is 1010. The van der Waals surface area contributed by atoms with Crippen LogP contribution in [-0.4, -0.2) is 40.5 Å². The summed E-state index contributed by atoms with van der Waals surface area (Å²) in [6.45, 7) is 1.89. The highest BCUT2D eigenvalue weighted by Gasteiger charge is 2.52.